The molecule has 2 aromatic carbocycles. The van der Waals surface area contributed by atoms with E-state index in [1.807, 2.05) is 37.3 Å². The molecule has 2 heterocycles. The van der Waals surface area contributed by atoms with Crippen molar-refractivity contribution in [3.63, 3.8) is 0 Å². The number of nitrogens with one attached hydrogen (secondary N) is 2. The Morgan fingerprint density at radius 1 is 1.07 bits per heavy atom. The minimum Gasteiger partial charge on any atom is -0.344 e. The number of H-pyrrole nitrogens is 1. The highest BCUT2D eigenvalue weighted by molar-refractivity contribution is 6.42. The molecule has 0 saturated carbocycles. The lowest BCUT2D eigenvalue weighted by atomic mass is 10.1. The predicted molar refractivity (Wildman–Crippen MR) is 105 cm³/mol. The lowest BCUT2D eigenvalue weighted by molar-refractivity contribution is 0.0934. The second-order valence-electron chi connectivity index (χ2n) is 6.12. The summed E-state index contributed by atoms with van der Waals surface area (Å²) in [5, 5.41) is 15.2. The Morgan fingerprint density at radius 3 is 2.59 bits per heavy atom. The average Bonchev–Trinajstić information content (AvgIpc) is 3.25. The number of halogens is 2. The molecule has 6 nitrogen and oxygen atoms in total. The van der Waals surface area contributed by atoms with Gasteiger partial charge in [0.2, 0.25) is 0 Å². The number of amides is 1. The molecule has 27 heavy (non-hydrogen) atoms. The van der Waals surface area contributed by atoms with Crippen molar-refractivity contribution in [2.75, 3.05) is 0 Å². The van der Waals surface area contributed by atoms with Crippen molar-refractivity contribution in [1.82, 2.24) is 25.1 Å². The lowest BCUT2D eigenvalue weighted by Gasteiger charge is -2.13. The number of nitrogens with zero attached hydrogens (tertiary/aromatic N) is 3. The first kappa shape index (κ1) is 17.6. The van der Waals surface area contributed by atoms with Crippen molar-refractivity contribution in [1.29, 1.82) is 0 Å². The summed E-state index contributed by atoms with van der Waals surface area (Å²) in [6, 6.07) is 16.5. The normalized spacial score (nSPS) is 12.3. The van der Waals surface area contributed by atoms with Gasteiger partial charge in [0, 0.05) is 11.6 Å². The Hall–Kier alpha value is -2.83. The van der Waals surface area contributed by atoms with E-state index in [9.17, 15) is 4.79 Å². The summed E-state index contributed by atoms with van der Waals surface area (Å²) >= 11 is 12.1. The van der Waals surface area contributed by atoms with Crippen LogP contribution >= 0.6 is 23.2 Å². The third-order valence-electron chi connectivity index (χ3n) is 4.26. The number of aromatic amines is 1. The van der Waals surface area contributed by atoms with Crippen LogP contribution in [0.25, 0.3) is 17.0 Å². The molecule has 0 spiro atoms. The summed E-state index contributed by atoms with van der Waals surface area (Å²) in [5.41, 5.74) is 2.70. The topological polar surface area (TPSA) is 75.1 Å². The number of hydrogen-bond acceptors (Lipinski definition) is 3. The van der Waals surface area contributed by atoms with Gasteiger partial charge in [-0.1, -0.05) is 53.5 Å². The first-order valence-electron chi connectivity index (χ1n) is 8.28. The maximum absolute atomic E-state index is 12.6. The molecule has 2 aromatic heterocycles. The smallest absolute Gasteiger partial charge is 0.269 e. The standard InChI is InChI=1S/C19H15Cl2N5O/c1-11(12-5-3-2-4-6-12)22-19(27)16-10-17-23-24-18(26(17)25-16)13-7-8-14(20)15(21)9-13/h2-11,25H,1H3,(H,22,27). The van der Waals surface area contributed by atoms with Gasteiger partial charge in [-0.2, -0.15) is 0 Å². The summed E-state index contributed by atoms with van der Waals surface area (Å²) in [6.07, 6.45) is 0. The Bertz CT molecular complexity index is 1120. The number of carbonyl (C=O) groups is 1. The van der Waals surface area contributed by atoms with E-state index < -0.39 is 0 Å². The number of benzene rings is 2. The van der Waals surface area contributed by atoms with E-state index in [1.54, 1.807) is 28.8 Å². The molecular formula is C19H15Cl2N5O. The fourth-order valence-corrected chi connectivity index (χ4v) is 3.12. The van der Waals surface area contributed by atoms with Crippen molar-refractivity contribution in [3.05, 3.63) is 75.9 Å². The SMILES string of the molecule is CC(NC(=O)c1cc2nnc(-c3ccc(Cl)c(Cl)c3)n2[nH]1)c1ccccc1. The van der Waals surface area contributed by atoms with E-state index in [0.717, 1.165) is 11.1 Å². The van der Waals surface area contributed by atoms with Crippen LogP contribution in [0.4, 0.5) is 0 Å². The first-order valence-corrected chi connectivity index (χ1v) is 9.04. The Morgan fingerprint density at radius 2 is 1.85 bits per heavy atom. The lowest BCUT2D eigenvalue weighted by Crippen LogP contribution is -2.27. The van der Waals surface area contributed by atoms with Crippen molar-refractivity contribution in [2.45, 2.75) is 13.0 Å². The van der Waals surface area contributed by atoms with Crippen molar-refractivity contribution < 1.29 is 4.79 Å². The van der Waals surface area contributed by atoms with E-state index in [0.29, 0.717) is 27.2 Å². The maximum atomic E-state index is 12.6. The molecule has 136 valence electrons. The Balaban J connectivity index is 1.61. The molecule has 1 unspecified atom stereocenters. The van der Waals surface area contributed by atoms with Gasteiger partial charge in [0.05, 0.1) is 16.1 Å². The number of hydrogen-bond donors (Lipinski definition) is 2. The second kappa shape index (κ2) is 7.06. The van der Waals surface area contributed by atoms with Crippen LogP contribution in [0.5, 0.6) is 0 Å². The summed E-state index contributed by atoms with van der Waals surface area (Å²) < 4.78 is 1.64. The van der Waals surface area contributed by atoms with Crippen LogP contribution in [-0.2, 0) is 0 Å². The molecule has 8 heteroatoms. The molecule has 0 aliphatic carbocycles. The zero-order valence-electron chi connectivity index (χ0n) is 14.3. The number of carbonyl (C=O) groups excluding carboxylic acids is 1. The average molecular weight is 400 g/mol. The molecule has 2 N–H and O–H groups in total. The van der Waals surface area contributed by atoms with Crippen molar-refractivity contribution in [3.8, 4) is 11.4 Å². The van der Waals surface area contributed by atoms with E-state index in [2.05, 4.69) is 20.6 Å². The van der Waals surface area contributed by atoms with Gasteiger partial charge >= 0.3 is 0 Å². The van der Waals surface area contributed by atoms with E-state index in [4.69, 9.17) is 23.2 Å². The van der Waals surface area contributed by atoms with Gasteiger partial charge in [-0.05, 0) is 30.7 Å². The summed E-state index contributed by atoms with van der Waals surface area (Å²) in [5.74, 6) is 0.315. The largest absolute Gasteiger partial charge is 0.344 e. The fourth-order valence-electron chi connectivity index (χ4n) is 2.82. The summed E-state index contributed by atoms with van der Waals surface area (Å²) in [4.78, 5) is 12.6. The van der Waals surface area contributed by atoms with Gasteiger partial charge in [0.1, 0.15) is 5.69 Å². The van der Waals surface area contributed by atoms with Crippen LogP contribution in [-0.4, -0.2) is 25.7 Å². The third-order valence-corrected chi connectivity index (χ3v) is 5.00. The highest BCUT2D eigenvalue weighted by Crippen LogP contribution is 2.28. The van der Waals surface area contributed by atoms with Crippen LogP contribution in [0.3, 0.4) is 0 Å². The van der Waals surface area contributed by atoms with E-state index >= 15 is 0 Å². The molecule has 1 atom stereocenters. The molecule has 0 aliphatic heterocycles. The fraction of sp³-hybridized carbons (Fsp3) is 0.105. The molecule has 0 aliphatic rings. The highest BCUT2D eigenvalue weighted by atomic mass is 35.5. The molecular weight excluding hydrogens is 385 g/mol. The van der Waals surface area contributed by atoms with Gasteiger partial charge < -0.3 is 5.32 Å². The van der Waals surface area contributed by atoms with Crippen LogP contribution < -0.4 is 5.32 Å². The minimum atomic E-state index is -0.225. The highest BCUT2D eigenvalue weighted by Gasteiger charge is 2.17. The monoisotopic (exact) mass is 399 g/mol. The van der Waals surface area contributed by atoms with Gasteiger partial charge in [0.25, 0.3) is 5.91 Å². The Kier molecular flexibility index (Phi) is 4.59. The first-order chi connectivity index (χ1) is 13.0. The quantitative estimate of drug-likeness (QED) is 0.529. The number of fused-ring (bicyclic) bond motifs is 1. The van der Waals surface area contributed by atoms with Gasteiger partial charge in [0.15, 0.2) is 11.5 Å². The maximum Gasteiger partial charge on any atom is 0.269 e. The van der Waals surface area contributed by atoms with Crippen LogP contribution in [0.1, 0.15) is 29.0 Å². The molecule has 0 fully saturated rings. The van der Waals surface area contributed by atoms with Gasteiger partial charge in [-0.25, -0.2) is 4.52 Å². The van der Waals surface area contributed by atoms with Crippen molar-refractivity contribution >= 4 is 34.8 Å². The van der Waals surface area contributed by atoms with E-state index in [-0.39, 0.29) is 11.9 Å². The van der Waals surface area contributed by atoms with Gasteiger partial charge in [-0.15, -0.1) is 10.2 Å². The van der Waals surface area contributed by atoms with E-state index in [1.165, 1.54) is 0 Å². The number of aromatic nitrogens is 4. The minimum absolute atomic E-state index is 0.123. The molecule has 0 saturated heterocycles. The third kappa shape index (κ3) is 3.41. The molecule has 4 aromatic rings. The van der Waals surface area contributed by atoms with Crippen LogP contribution in [0.2, 0.25) is 10.0 Å². The predicted octanol–water partition coefficient (Wildman–Crippen LogP) is 4.52. The van der Waals surface area contributed by atoms with Crippen LogP contribution in [0.15, 0.2) is 54.6 Å². The summed E-state index contributed by atoms with van der Waals surface area (Å²) in [6.45, 7) is 1.93. The van der Waals surface area contributed by atoms with Crippen molar-refractivity contribution in [2.24, 2.45) is 0 Å². The zero-order chi connectivity index (χ0) is 19.0. The molecule has 1 amide bonds. The van der Waals surface area contributed by atoms with Crippen LogP contribution in [0, 0.1) is 0 Å². The zero-order valence-corrected chi connectivity index (χ0v) is 15.8. The van der Waals surface area contributed by atoms with Gasteiger partial charge in [-0.3, -0.25) is 9.89 Å². The molecule has 4 rings (SSSR count). The second-order valence-corrected chi connectivity index (χ2v) is 6.94. The molecule has 0 radical (unpaired) electrons. The Labute approximate surface area is 165 Å². The number of rotatable bonds is 4. The molecule has 0 bridgehead atoms. The summed E-state index contributed by atoms with van der Waals surface area (Å²) in [7, 11) is 0.